The van der Waals surface area contributed by atoms with Gasteiger partial charge in [0.05, 0.1) is 11.2 Å². The fourth-order valence-electron chi connectivity index (χ4n) is 4.51. The van der Waals surface area contributed by atoms with Crippen molar-refractivity contribution in [3.05, 3.63) is 71.4 Å². The molecule has 0 spiro atoms. The molecular formula is C25H27N5O. The summed E-state index contributed by atoms with van der Waals surface area (Å²) >= 11 is 0. The van der Waals surface area contributed by atoms with Crippen LogP contribution in [0.4, 0.5) is 0 Å². The number of amides is 1. The number of fused-ring (bicyclic) bond motifs is 1. The Kier molecular flexibility index (Phi) is 5.63. The molecule has 6 nitrogen and oxygen atoms in total. The molecule has 3 heterocycles. The first-order chi connectivity index (χ1) is 15.3. The van der Waals surface area contributed by atoms with Gasteiger partial charge in [0.2, 0.25) is 0 Å². The summed E-state index contributed by atoms with van der Waals surface area (Å²) in [5, 5.41) is 11.8. The molecule has 31 heavy (non-hydrogen) atoms. The van der Waals surface area contributed by atoms with E-state index in [2.05, 4.69) is 49.7 Å². The van der Waals surface area contributed by atoms with Crippen LogP contribution in [0.25, 0.3) is 16.5 Å². The quantitative estimate of drug-likeness (QED) is 0.668. The molecule has 1 saturated heterocycles. The number of aliphatic imine (C=N–C) groups is 1. The Morgan fingerprint density at radius 2 is 2.10 bits per heavy atom. The summed E-state index contributed by atoms with van der Waals surface area (Å²) in [5.41, 5.74) is 5.02. The number of hydrogen-bond donors (Lipinski definition) is 2. The van der Waals surface area contributed by atoms with Gasteiger partial charge in [-0.3, -0.25) is 19.8 Å². The van der Waals surface area contributed by atoms with Crippen LogP contribution in [0.15, 0.2) is 59.6 Å². The van der Waals surface area contributed by atoms with Crippen molar-refractivity contribution in [2.75, 3.05) is 19.6 Å². The molecule has 2 aliphatic heterocycles. The zero-order valence-electron chi connectivity index (χ0n) is 17.6. The third kappa shape index (κ3) is 4.44. The highest BCUT2D eigenvalue weighted by Crippen LogP contribution is 2.27. The van der Waals surface area contributed by atoms with Crippen LogP contribution in [0.3, 0.4) is 0 Å². The zero-order chi connectivity index (χ0) is 21.0. The van der Waals surface area contributed by atoms with Crippen LogP contribution in [-0.4, -0.2) is 52.9 Å². The number of aromatic amines is 1. The minimum atomic E-state index is -0.0141. The second-order valence-electron chi connectivity index (χ2n) is 8.36. The molecule has 1 amide bonds. The van der Waals surface area contributed by atoms with Gasteiger partial charge in [-0.2, -0.15) is 5.10 Å². The molecule has 3 aromatic rings. The summed E-state index contributed by atoms with van der Waals surface area (Å²) in [4.78, 5) is 19.7. The molecule has 2 aliphatic rings. The maximum absolute atomic E-state index is 13.0. The van der Waals surface area contributed by atoms with Gasteiger partial charge in [0, 0.05) is 42.8 Å². The fraction of sp³-hybridized carbons (Fsp3) is 0.320. The highest BCUT2D eigenvalue weighted by molar-refractivity contribution is 6.01. The third-order valence-corrected chi connectivity index (χ3v) is 6.11. The molecule has 1 atom stereocenters. The average Bonchev–Trinajstić information content (AvgIpc) is 3.24. The van der Waals surface area contributed by atoms with Crippen molar-refractivity contribution in [3.63, 3.8) is 0 Å². The van der Waals surface area contributed by atoms with E-state index in [0.29, 0.717) is 5.56 Å². The second kappa shape index (κ2) is 8.86. The van der Waals surface area contributed by atoms with Crippen LogP contribution < -0.4 is 5.32 Å². The molecule has 1 fully saturated rings. The van der Waals surface area contributed by atoms with Crippen LogP contribution in [0, 0.1) is 0 Å². The zero-order valence-corrected chi connectivity index (χ0v) is 17.6. The summed E-state index contributed by atoms with van der Waals surface area (Å²) in [5.74, 6) is -0.0141. The lowest BCUT2D eigenvalue weighted by Gasteiger charge is -2.33. The summed E-state index contributed by atoms with van der Waals surface area (Å²) in [6, 6.07) is 16.5. The molecule has 0 radical (unpaired) electrons. The van der Waals surface area contributed by atoms with E-state index in [1.165, 1.54) is 5.56 Å². The molecule has 6 heteroatoms. The Morgan fingerprint density at radius 3 is 2.94 bits per heavy atom. The molecule has 0 saturated carbocycles. The monoisotopic (exact) mass is 413 g/mol. The van der Waals surface area contributed by atoms with Gasteiger partial charge in [-0.25, -0.2) is 0 Å². The number of benzene rings is 2. The van der Waals surface area contributed by atoms with Crippen molar-refractivity contribution in [1.29, 1.82) is 0 Å². The number of carbonyl (C=O) groups is 1. The summed E-state index contributed by atoms with van der Waals surface area (Å²) in [7, 11) is 0. The van der Waals surface area contributed by atoms with Crippen molar-refractivity contribution in [1.82, 2.24) is 20.4 Å². The second-order valence-corrected chi connectivity index (χ2v) is 8.36. The van der Waals surface area contributed by atoms with Gasteiger partial charge < -0.3 is 5.32 Å². The van der Waals surface area contributed by atoms with Crippen LogP contribution in [0.5, 0.6) is 0 Å². The minimum Gasteiger partial charge on any atom is -0.348 e. The Balaban J connectivity index is 1.28. The SMILES string of the molecule is O=C(NC1CCCN(Cc2ccccc2)C1)c1ccc2[nH]nc(C3=CC=NCC3)c2c1. The summed E-state index contributed by atoms with van der Waals surface area (Å²) in [6.45, 7) is 3.66. The van der Waals surface area contributed by atoms with Gasteiger partial charge in [-0.15, -0.1) is 0 Å². The molecule has 2 aromatic carbocycles. The maximum Gasteiger partial charge on any atom is 0.251 e. The normalized spacial score (nSPS) is 19.4. The molecule has 5 rings (SSSR count). The van der Waals surface area contributed by atoms with Crippen molar-refractivity contribution in [2.24, 2.45) is 4.99 Å². The summed E-state index contributed by atoms with van der Waals surface area (Å²) < 4.78 is 0. The van der Waals surface area contributed by atoms with Gasteiger partial charge in [0.15, 0.2) is 0 Å². The maximum atomic E-state index is 13.0. The van der Waals surface area contributed by atoms with Crippen LogP contribution in [-0.2, 0) is 6.54 Å². The van der Waals surface area contributed by atoms with Gasteiger partial charge in [-0.05, 0) is 61.2 Å². The number of carbonyl (C=O) groups excluding carboxylic acids is 1. The Morgan fingerprint density at radius 1 is 1.19 bits per heavy atom. The molecule has 1 unspecified atom stereocenters. The fourth-order valence-corrected chi connectivity index (χ4v) is 4.51. The first kappa shape index (κ1) is 19.7. The van der Waals surface area contributed by atoms with E-state index < -0.39 is 0 Å². The summed E-state index contributed by atoms with van der Waals surface area (Å²) in [6.07, 6.45) is 6.82. The molecule has 1 aromatic heterocycles. The van der Waals surface area contributed by atoms with Crippen LogP contribution in [0.1, 0.15) is 40.9 Å². The van der Waals surface area contributed by atoms with Gasteiger partial charge >= 0.3 is 0 Å². The first-order valence-electron chi connectivity index (χ1n) is 11.0. The first-order valence-corrected chi connectivity index (χ1v) is 11.0. The van der Waals surface area contributed by atoms with Crippen LogP contribution in [0.2, 0.25) is 0 Å². The smallest absolute Gasteiger partial charge is 0.251 e. The number of dihydropyridines is 1. The highest BCUT2D eigenvalue weighted by atomic mass is 16.1. The lowest BCUT2D eigenvalue weighted by Crippen LogP contribution is -2.47. The standard InChI is InChI=1S/C25H27N5O/c31-25(27-21-7-4-14-30(17-21)16-18-5-2-1-3-6-18)20-8-9-23-22(15-20)24(29-28-23)19-10-12-26-13-11-19/h1-3,5-6,8-10,12,15,21H,4,7,11,13-14,16-17H2,(H,27,31)(H,28,29). The number of allylic oxidation sites excluding steroid dienone is 1. The lowest BCUT2D eigenvalue weighted by molar-refractivity contribution is 0.0901. The minimum absolute atomic E-state index is 0.0141. The number of likely N-dealkylation sites (tertiary alicyclic amines) is 1. The van der Waals surface area contributed by atoms with E-state index in [9.17, 15) is 4.79 Å². The van der Waals surface area contributed by atoms with E-state index in [-0.39, 0.29) is 11.9 Å². The Bertz CT molecular complexity index is 1130. The number of aromatic nitrogens is 2. The van der Waals surface area contributed by atoms with E-state index in [1.807, 2.05) is 36.6 Å². The Hall–Kier alpha value is -3.25. The van der Waals surface area contributed by atoms with E-state index in [1.54, 1.807) is 0 Å². The number of hydrogen-bond acceptors (Lipinski definition) is 4. The third-order valence-electron chi connectivity index (χ3n) is 6.11. The van der Waals surface area contributed by atoms with Crippen molar-refractivity contribution in [2.45, 2.75) is 31.8 Å². The predicted octanol–water partition coefficient (Wildman–Crippen LogP) is 3.82. The topological polar surface area (TPSA) is 73.4 Å². The number of nitrogens with one attached hydrogen (secondary N) is 2. The molecule has 2 N–H and O–H groups in total. The average molecular weight is 414 g/mol. The predicted molar refractivity (Wildman–Crippen MR) is 124 cm³/mol. The van der Waals surface area contributed by atoms with Crippen LogP contribution >= 0.6 is 0 Å². The molecular weight excluding hydrogens is 386 g/mol. The number of piperidine rings is 1. The lowest BCUT2D eigenvalue weighted by atomic mass is 10.0. The number of H-pyrrole nitrogens is 1. The largest absolute Gasteiger partial charge is 0.348 e. The molecule has 0 aliphatic carbocycles. The van der Waals surface area contributed by atoms with E-state index >= 15 is 0 Å². The van der Waals surface area contributed by atoms with Gasteiger partial charge in [0.25, 0.3) is 5.91 Å². The van der Waals surface area contributed by atoms with Crippen molar-refractivity contribution < 1.29 is 4.79 Å². The van der Waals surface area contributed by atoms with Crippen molar-refractivity contribution >= 4 is 28.6 Å². The van der Waals surface area contributed by atoms with E-state index in [4.69, 9.17) is 0 Å². The van der Waals surface area contributed by atoms with E-state index in [0.717, 1.165) is 67.6 Å². The van der Waals surface area contributed by atoms with Gasteiger partial charge in [0.1, 0.15) is 0 Å². The Labute approximate surface area is 182 Å². The molecule has 158 valence electrons. The number of nitrogens with zero attached hydrogens (tertiary/aromatic N) is 3. The van der Waals surface area contributed by atoms with Gasteiger partial charge in [-0.1, -0.05) is 30.3 Å². The highest BCUT2D eigenvalue weighted by Gasteiger charge is 2.22. The molecule has 0 bridgehead atoms. The number of rotatable bonds is 5. The van der Waals surface area contributed by atoms with Crippen molar-refractivity contribution in [3.8, 4) is 0 Å².